The maximum atomic E-state index is 12.8. The van der Waals surface area contributed by atoms with Crippen LogP contribution in [0.25, 0.3) is 0 Å². The molecule has 0 radical (unpaired) electrons. The van der Waals surface area contributed by atoms with Gasteiger partial charge in [0.15, 0.2) is 6.10 Å². The Morgan fingerprint density at radius 1 is 0.304 bits per heavy atom. The minimum Gasteiger partial charge on any atom is -0.462 e. The van der Waals surface area contributed by atoms with Gasteiger partial charge in [-0.2, -0.15) is 0 Å². The monoisotopic (exact) mass is 957 g/mol. The van der Waals surface area contributed by atoms with Crippen LogP contribution in [0.4, 0.5) is 0 Å². The summed E-state index contributed by atoms with van der Waals surface area (Å²) in [6.07, 6.45) is 76.9. The van der Waals surface area contributed by atoms with E-state index in [1.165, 1.54) is 103 Å². The van der Waals surface area contributed by atoms with Crippen LogP contribution in [-0.2, 0) is 28.6 Å². The van der Waals surface area contributed by atoms with E-state index in [1.807, 2.05) is 0 Å². The lowest BCUT2D eigenvalue weighted by molar-refractivity contribution is -0.167. The lowest BCUT2D eigenvalue weighted by Crippen LogP contribution is -2.30. The summed E-state index contributed by atoms with van der Waals surface area (Å²) in [6.45, 7) is 6.32. The second kappa shape index (κ2) is 56.7. The molecule has 0 aromatic carbocycles. The number of hydrogen-bond acceptors (Lipinski definition) is 6. The molecule has 0 saturated carbocycles. The maximum absolute atomic E-state index is 12.8. The zero-order valence-corrected chi connectivity index (χ0v) is 44.8. The van der Waals surface area contributed by atoms with E-state index in [0.29, 0.717) is 19.3 Å². The molecule has 0 spiro atoms. The maximum Gasteiger partial charge on any atom is 0.306 e. The highest BCUT2D eigenvalue weighted by Gasteiger charge is 2.19. The highest BCUT2D eigenvalue weighted by atomic mass is 16.6. The predicted octanol–water partition coefficient (Wildman–Crippen LogP) is 19.1. The van der Waals surface area contributed by atoms with Gasteiger partial charge < -0.3 is 14.2 Å². The number of unbranched alkanes of at least 4 members (excludes halogenated alkanes) is 21. The van der Waals surface area contributed by atoms with Gasteiger partial charge in [0.05, 0.1) is 0 Å². The molecule has 0 aromatic rings. The summed E-state index contributed by atoms with van der Waals surface area (Å²) in [7, 11) is 0. The molecule has 6 heteroatoms. The first-order chi connectivity index (χ1) is 34.0. The van der Waals surface area contributed by atoms with Crippen molar-refractivity contribution in [1.82, 2.24) is 0 Å². The van der Waals surface area contributed by atoms with Crippen LogP contribution in [0.2, 0.25) is 0 Å². The average Bonchev–Trinajstić information content (AvgIpc) is 3.35. The van der Waals surface area contributed by atoms with E-state index in [4.69, 9.17) is 14.2 Å². The first-order valence-corrected chi connectivity index (χ1v) is 28.4. The molecule has 69 heavy (non-hydrogen) atoms. The molecular weight excluding hydrogens is 853 g/mol. The van der Waals surface area contributed by atoms with E-state index in [0.717, 1.165) is 103 Å². The fraction of sp³-hybridized carbons (Fsp3) is 0.667. The summed E-state index contributed by atoms with van der Waals surface area (Å²) in [5.74, 6) is -0.967. The molecule has 0 aliphatic heterocycles. The number of hydrogen-bond donors (Lipinski definition) is 0. The third-order valence-corrected chi connectivity index (χ3v) is 11.8. The number of carbonyl (C=O) groups excluding carboxylic acids is 3. The average molecular weight is 958 g/mol. The topological polar surface area (TPSA) is 78.9 Å². The normalized spacial score (nSPS) is 12.9. The second-order valence-electron chi connectivity index (χ2n) is 18.4. The highest BCUT2D eigenvalue weighted by molar-refractivity contribution is 5.71. The zero-order valence-electron chi connectivity index (χ0n) is 44.8. The van der Waals surface area contributed by atoms with Crippen molar-refractivity contribution >= 4 is 17.9 Å². The lowest BCUT2D eigenvalue weighted by Gasteiger charge is -2.18. The van der Waals surface area contributed by atoms with E-state index in [-0.39, 0.29) is 37.5 Å². The number of rotatable bonds is 50. The number of esters is 3. The molecule has 1 unspecified atom stereocenters. The molecular formula is C63H104O6. The van der Waals surface area contributed by atoms with Crippen molar-refractivity contribution in [3.8, 4) is 0 Å². The number of ether oxygens (including phenoxy) is 3. The van der Waals surface area contributed by atoms with Gasteiger partial charge in [0.2, 0.25) is 0 Å². The van der Waals surface area contributed by atoms with Crippen molar-refractivity contribution in [2.75, 3.05) is 13.2 Å². The minimum absolute atomic E-state index is 0.100. The van der Waals surface area contributed by atoms with Crippen LogP contribution >= 0.6 is 0 Å². The zero-order chi connectivity index (χ0) is 50.0. The molecule has 6 nitrogen and oxygen atoms in total. The van der Waals surface area contributed by atoms with E-state index in [9.17, 15) is 14.4 Å². The highest BCUT2D eigenvalue weighted by Crippen LogP contribution is 2.15. The van der Waals surface area contributed by atoms with Gasteiger partial charge in [-0.3, -0.25) is 14.4 Å². The Morgan fingerprint density at radius 3 is 0.928 bits per heavy atom. The van der Waals surface area contributed by atoms with Gasteiger partial charge in [-0.05, 0) is 96.3 Å². The molecule has 0 bridgehead atoms. The number of allylic oxidation sites excluding steroid dienone is 18. The molecule has 392 valence electrons. The first kappa shape index (κ1) is 65.1. The molecule has 1 atom stereocenters. The van der Waals surface area contributed by atoms with Crippen molar-refractivity contribution in [3.05, 3.63) is 109 Å². The van der Waals surface area contributed by atoms with Crippen LogP contribution in [0.1, 0.15) is 252 Å². The Hall–Kier alpha value is -3.93. The van der Waals surface area contributed by atoms with Crippen molar-refractivity contribution in [2.24, 2.45) is 0 Å². The van der Waals surface area contributed by atoms with Crippen molar-refractivity contribution in [2.45, 2.75) is 258 Å². The van der Waals surface area contributed by atoms with Gasteiger partial charge in [-0.15, -0.1) is 0 Å². The van der Waals surface area contributed by atoms with Gasteiger partial charge in [-0.1, -0.05) is 246 Å². The lowest BCUT2D eigenvalue weighted by atomic mass is 10.0. The van der Waals surface area contributed by atoms with Gasteiger partial charge in [-0.25, -0.2) is 0 Å². The summed E-state index contributed by atoms with van der Waals surface area (Å²) in [5, 5.41) is 0. The fourth-order valence-electron chi connectivity index (χ4n) is 7.59. The molecule has 0 fully saturated rings. The van der Waals surface area contributed by atoms with Crippen LogP contribution in [-0.4, -0.2) is 37.2 Å². The standard InChI is InChI=1S/C63H104O6/c1-4-7-10-13-16-18-20-22-24-26-27-28-29-30-31-32-33-34-35-37-38-40-42-44-47-50-53-56-62(65)68-59-60(58-67-61(64)55-52-49-46-15-12-9-6-3)69-63(66)57-54-51-48-45-43-41-39-36-25-23-21-19-17-14-11-8-5-2/h7-8,10-11,16-19,22-25,27-28,39,41,45,48,60H,4-6,9,12-15,20-21,26,29-38,40,42-44,46-47,49-59H2,1-3H3/b10-7-,11-8-,18-16-,19-17-,24-22-,25-23-,28-27-,41-39-,48-45-. The van der Waals surface area contributed by atoms with E-state index in [2.05, 4.69) is 130 Å². The van der Waals surface area contributed by atoms with E-state index >= 15 is 0 Å². The smallest absolute Gasteiger partial charge is 0.306 e. The van der Waals surface area contributed by atoms with Crippen molar-refractivity contribution < 1.29 is 28.6 Å². The molecule has 0 aromatic heterocycles. The molecule has 0 heterocycles. The molecule has 0 aliphatic carbocycles. The van der Waals surface area contributed by atoms with E-state index in [1.54, 1.807) is 0 Å². The SMILES string of the molecule is CC/C=C\C/C=C\C/C=C\C/C=C\C/C=C\CCCC(=O)OC(COC(=O)CCCCCCCCC)COC(=O)CCCCCCCCCCCCCCCC/C=C\C/C=C\C/C=C\C/C=C\CC. The molecule has 0 rings (SSSR count). The van der Waals surface area contributed by atoms with Crippen molar-refractivity contribution in [1.29, 1.82) is 0 Å². The minimum atomic E-state index is -0.805. The van der Waals surface area contributed by atoms with E-state index < -0.39 is 6.10 Å². The van der Waals surface area contributed by atoms with Crippen LogP contribution < -0.4 is 0 Å². The van der Waals surface area contributed by atoms with Gasteiger partial charge >= 0.3 is 17.9 Å². The van der Waals surface area contributed by atoms with Crippen LogP contribution in [0.5, 0.6) is 0 Å². The summed E-state index contributed by atoms with van der Waals surface area (Å²) in [4.78, 5) is 37.9. The number of carbonyl (C=O) groups is 3. The quantitative estimate of drug-likeness (QED) is 0.0262. The Kier molecular flexibility index (Phi) is 53.4. The first-order valence-electron chi connectivity index (χ1n) is 28.4. The summed E-state index contributed by atoms with van der Waals surface area (Å²) in [5.41, 5.74) is 0. The van der Waals surface area contributed by atoms with Crippen LogP contribution in [0.15, 0.2) is 109 Å². The largest absolute Gasteiger partial charge is 0.462 e. The second-order valence-corrected chi connectivity index (χ2v) is 18.4. The fourth-order valence-corrected chi connectivity index (χ4v) is 7.59. The summed E-state index contributed by atoms with van der Waals surface area (Å²) in [6, 6.07) is 0. The predicted molar refractivity (Wildman–Crippen MR) is 297 cm³/mol. The molecule has 0 amide bonds. The molecule has 0 aliphatic rings. The Morgan fingerprint density at radius 2 is 0.580 bits per heavy atom. The van der Waals surface area contributed by atoms with Crippen LogP contribution in [0, 0.1) is 0 Å². The molecule has 0 saturated heterocycles. The Balaban J connectivity index is 4.21. The summed E-state index contributed by atoms with van der Waals surface area (Å²) < 4.78 is 16.7. The van der Waals surface area contributed by atoms with Gasteiger partial charge in [0.25, 0.3) is 0 Å². The van der Waals surface area contributed by atoms with Crippen LogP contribution in [0.3, 0.4) is 0 Å². The van der Waals surface area contributed by atoms with Gasteiger partial charge in [0, 0.05) is 19.3 Å². The van der Waals surface area contributed by atoms with Crippen molar-refractivity contribution in [3.63, 3.8) is 0 Å². The Bertz CT molecular complexity index is 1420. The third-order valence-electron chi connectivity index (χ3n) is 11.8. The third kappa shape index (κ3) is 54.9. The molecule has 0 N–H and O–H groups in total. The van der Waals surface area contributed by atoms with Gasteiger partial charge in [0.1, 0.15) is 13.2 Å². The Labute approximate surface area is 425 Å². The summed E-state index contributed by atoms with van der Waals surface area (Å²) >= 11 is 0.